The Morgan fingerprint density at radius 2 is 2.00 bits per heavy atom. The highest BCUT2D eigenvalue weighted by molar-refractivity contribution is 9.08. The van der Waals surface area contributed by atoms with Crippen molar-refractivity contribution in [2.24, 2.45) is 0 Å². The van der Waals surface area contributed by atoms with Crippen LogP contribution in [0.4, 0.5) is 13.2 Å². The summed E-state index contributed by atoms with van der Waals surface area (Å²) in [5.74, 6) is -1.85. The lowest BCUT2D eigenvalue weighted by molar-refractivity contribution is -0.274. The van der Waals surface area contributed by atoms with Crippen molar-refractivity contribution in [3.05, 3.63) is 29.3 Å². The van der Waals surface area contributed by atoms with Gasteiger partial charge in [0.05, 0.1) is 5.56 Å². The van der Waals surface area contributed by atoms with E-state index in [1.807, 2.05) is 0 Å². The van der Waals surface area contributed by atoms with Crippen LogP contribution in [0.25, 0.3) is 0 Å². The van der Waals surface area contributed by atoms with E-state index in [-0.39, 0.29) is 10.9 Å². The number of ether oxygens (including phenoxy) is 1. The highest BCUT2D eigenvalue weighted by Crippen LogP contribution is 2.25. The number of benzene rings is 1. The Morgan fingerprint density at radius 1 is 1.38 bits per heavy atom. The van der Waals surface area contributed by atoms with Gasteiger partial charge in [0, 0.05) is 5.33 Å². The van der Waals surface area contributed by atoms with Crippen LogP contribution in [0.1, 0.15) is 15.9 Å². The highest BCUT2D eigenvalue weighted by Gasteiger charge is 2.31. The molecule has 7 heteroatoms. The standard InChI is InChI=1S/C9H6BrF3O3/c10-4-5-1-6(8(14)15)3-7(2-5)16-9(11,12)13/h1-3H,4H2,(H,14,15). The Labute approximate surface area is 97.0 Å². The third kappa shape index (κ3) is 3.73. The van der Waals surface area contributed by atoms with Gasteiger partial charge in [-0.25, -0.2) is 4.79 Å². The zero-order valence-electron chi connectivity index (χ0n) is 7.71. The number of halogens is 4. The SMILES string of the molecule is O=C(O)c1cc(CBr)cc(OC(F)(F)F)c1. The van der Waals surface area contributed by atoms with Crippen LogP contribution in [0.3, 0.4) is 0 Å². The smallest absolute Gasteiger partial charge is 0.478 e. The van der Waals surface area contributed by atoms with E-state index < -0.39 is 18.1 Å². The molecule has 1 N–H and O–H groups in total. The van der Waals surface area contributed by atoms with E-state index in [0.717, 1.165) is 12.1 Å². The minimum absolute atomic E-state index is 0.238. The third-order valence-corrected chi connectivity index (χ3v) is 2.25. The van der Waals surface area contributed by atoms with Crippen molar-refractivity contribution in [1.29, 1.82) is 0 Å². The van der Waals surface area contributed by atoms with Gasteiger partial charge in [0.15, 0.2) is 0 Å². The van der Waals surface area contributed by atoms with Gasteiger partial charge in [-0.2, -0.15) is 0 Å². The molecule has 0 radical (unpaired) electrons. The maximum absolute atomic E-state index is 11.9. The molecule has 0 heterocycles. The molecular formula is C9H6BrF3O3. The van der Waals surface area contributed by atoms with Crippen LogP contribution in [-0.4, -0.2) is 17.4 Å². The number of alkyl halides is 4. The average molecular weight is 299 g/mol. The maximum Gasteiger partial charge on any atom is 0.573 e. The zero-order valence-corrected chi connectivity index (χ0v) is 9.30. The number of hydrogen-bond donors (Lipinski definition) is 1. The van der Waals surface area contributed by atoms with Crippen LogP contribution in [-0.2, 0) is 5.33 Å². The summed E-state index contributed by atoms with van der Waals surface area (Å²) in [6.45, 7) is 0. The van der Waals surface area contributed by atoms with Crippen molar-refractivity contribution in [2.75, 3.05) is 0 Å². The van der Waals surface area contributed by atoms with Gasteiger partial charge in [-0.05, 0) is 23.8 Å². The number of hydrogen-bond acceptors (Lipinski definition) is 2. The average Bonchev–Trinajstić information content (AvgIpc) is 2.14. The van der Waals surface area contributed by atoms with Crippen molar-refractivity contribution >= 4 is 21.9 Å². The van der Waals surface area contributed by atoms with E-state index in [2.05, 4.69) is 20.7 Å². The van der Waals surface area contributed by atoms with E-state index in [9.17, 15) is 18.0 Å². The molecule has 0 atom stereocenters. The van der Waals surface area contributed by atoms with Gasteiger partial charge in [-0.3, -0.25) is 0 Å². The number of rotatable bonds is 3. The van der Waals surface area contributed by atoms with Crippen molar-refractivity contribution < 1.29 is 27.8 Å². The van der Waals surface area contributed by atoms with Crippen molar-refractivity contribution in [1.82, 2.24) is 0 Å². The second kappa shape index (κ2) is 4.73. The molecule has 1 aromatic carbocycles. The Balaban J connectivity index is 3.09. The molecule has 88 valence electrons. The van der Waals surface area contributed by atoms with E-state index >= 15 is 0 Å². The number of carbonyl (C=O) groups is 1. The molecule has 0 unspecified atom stereocenters. The van der Waals surface area contributed by atoms with Gasteiger partial charge in [-0.15, -0.1) is 13.2 Å². The van der Waals surface area contributed by atoms with E-state index in [1.165, 1.54) is 6.07 Å². The van der Waals surface area contributed by atoms with Gasteiger partial charge >= 0.3 is 12.3 Å². The van der Waals surface area contributed by atoms with Gasteiger partial charge in [0.25, 0.3) is 0 Å². The Bertz CT molecular complexity index is 403. The molecule has 0 aromatic heterocycles. The fourth-order valence-electron chi connectivity index (χ4n) is 1.05. The Morgan fingerprint density at radius 3 is 2.44 bits per heavy atom. The van der Waals surface area contributed by atoms with Crippen LogP contribution in [0.2, 0.25) is 0 Å². The predicted molar refractivity (Wildman–Crippen MR) is 52.7 cm³/mol. The van der Waals surface area contributed by atoms with Gasteiger partial charge in [0.2, 0.25) is 0 Å². The summed E-state index contributed by atoms with van der Waals surface area (Å²) >= 11 is 3.02. The fraction of sp³-hybridized carbons (Fsp3) is 0.222. The molecule has 16 heavy (non-hydrogen) atoms. The second-order valence-electron chi connectivity index (χ2n) is 2.85. The zero-order chi connectivity index (χ0) is 12.3. The first-order valence-electron chi connectivity index (χ1n) is 4.01. The summed E-state index contributed by atoms with van der Waals surface area (Å²) in [6, 6.07) is 3.21. The number of carboxylic acids is 1. The molecule has 0 fully saturated rings. The van der Waals surface area contributed by atoms with Crippen LogP contribution in [0.15, 0.2) is 18.2 Å². The molecule has 0 saturated heterocycles. The topological polar surface area (TPSA) is 46.5 Å². The summed E-state index contributed by atoms with van der Waals surface area (Å²) < 4.78 is 39.4. The third-order valence-electron chi connectivity index (χ3n) is 1.60. The summed E-state index contributed by atoms with van der Waals surface area (Å²) in [5.41, 5.74) is 0.135. The molecule has 3 nitrogen and oxygen atoms in total. The molecule has 0 amide bonds. The van der Waals surface area contributed by atoms with E-state index in [0.29, 0.717) is 5.56 Å². The maximum atomic E-state index is 11.9. The minimum Gasteiger partial charge on any atom is -0.478 e. The molecular weight excluding hydrogens is 293 g/mol. The van der Waals surface area contributed by atoms with Crippen LogP contribution in [0.5, 0.6) is 5.75 Å². The molecule has 0 aliphatic rings. The van der Waals surface area contributed by atoms with Crippen LogP contribution >= 0.6 is 15.9 Å². The van der Waals surface area contributed by atoms with E-state index in [1.54, 1.807) is 0 Å². The Kier molecular flexibility index (Phi) is 3.79. The van der Waals surface area contributed by atoms with E-state index in [4.69, 9.17) is 5.11 Å². The molecule has 0 aliphatic carbocycles. The lowest BCUT2D eigenvalue weighted by Gasteiger charge is -2.10. The summed E-state index contributed by atoms with van der Waals surface area (Å²) in [4.78, 5) is 10.6. The molecule has 1 rings (SSSR count). The van der Waals surface area contributed by atoms with Crippen molar-refractivity contribution in [2.45, 2.75) is 11.7 Å². The number of aromatic carboxylic acids is 1. The van der Waals surface area contributed by atoms with Gasteiger partial charge in [-0.1, -0.05) is 15.9 Å². The van der Waals surface area contributed by atoms with Crippen LogP contribution < -0.4 is 4.74 Å². The monoisotopic (exact) mass is 298 g/mol. The fourth-order valence-corrected chi connectivity index (χ4v) is 1.38. The predicted octanol–water partition coefficient (Wildman–Crippen LogP) is 3.18. The normalized spacial score (nSPS) is 11.2. The molecule has 1 aromatic rings. The highest BCUT2D eigenvalue weighted by atomic mass is 79.9. The quantitative estimate of drug-likeness (QED) is 0.872. The summed E-state index contributed by atoms with van der Waals surface area (Å²) in [7, 11) is 0. The first-order chi connectivity index (χ1) is 7.31. The number of carboxylic acid groups (broad SMARTS) is 1. The lowest BCUT2D eigenvalue weighted by Crippen LogP contribution is -2.17. The lowest BCUT2D eigenvalue weighted by atomic mass is 10.1. The Hall–Kier alpha value is -1.24. The van der Waals surface area contributed by atoms with Gasteiger partial charge < -0.3 is 9.84 Å². The van der Waals surface area contributed by atoms with Gasteiger partial charge in [0.1, 0.15) is 5.75 Å². The summed E-state index contributed by atoms with van der Waals surface area (Å²) in [6.07, 6.45) is -4.83. The van der Waals surface area contributed by atoms with Crippen molar-refractivity contribution in [3.63, 3.8) is 0 Å². The largest absolute Gasteiger partial charge is 0.573 e. The first-order valence-corrected chi connectivity index (χ1v) is 5.13. The second-order valence-corrected chi connectivity index (χ2v) is 3.41. The molecule has 0 saturated carbocycles. The van der Waals surface area contributed by atoms with Crippen molar-refractivity contribution in [3.8, 4) is 5.75 Å². The molecule has 0 aliphatic heterocycles. The minimum atomic E-state index is -4.83. The first kappa shape index (κ1) is 12.8. The summed E-state index contributed by atoms with van der Waals surface area (Å²) in [5, 5.41) is 8.91. The van der Waals surface area contributed by atoms with Crippen LogP contribution in [0, 0.1) is 0 Å². The molecule has 0 bridgehead atoms. The molecule has 0 spiro atoms.